The van der Waals surface area contributed by atoms with Gasteiger partial charge in [0.05, 0.1) is 25.4 Å². The molecule has 30 heavy (non-hydrogen) atoms. The second-order valence-electron chi connectivity index (χ2n) is 7.33. The summed E-state index contributed by atoms with van der Waals surface area (Å²) in [5.74, 6) is -4.48. The summed E-state index contributed by atoms with van der Waals surface area (Å²) in [6, 6.07) is -0.0445. The van der Waals surface area contributed by atoms with Crippen LogP contribution in [0.4, 0.5) is 18.9 Å². The molecule has 0 aliphatic heterocycles. The van der Waals surface area contributed by atoms with Crippen molar-refractivity contribution in [3.8, 4) is 5.88 Å². The smallest absolute Gasteiger partial charge is 0.256 e. The van der Waals surface area contributed by atoms with Gasteiger partial charge in [-0.2, -0.15) is 4.39 Å². The molecule has 2 atom stereocenters. The maximum atomic E-state index is 14.3. The number of alkyl halides is 2. The van der Waals surface area contributed by atoms with Gasteiger partial charge in [0.15, 0.2) is 5.15 Å². The number of methoxy groups -OCH3 is 1. The first-order valence-corrected chi connectivity index (χ1v) is 9.75. The molecule has 1 aliphatic carbocycles. The van der Waals surface area contributed by atoms with E-state index in [0.29, 0.717) is 5.56 Å². The fourth-order valence-electron chi connectivity index (χ4n) is 3.47. The van der Waals surface area contributed by atoms with Crippen LogP contribution in [0.1, 0.15) is 44.2 Å². The molecule has 0 aromatic carbocycles. The minimum absolute atomic E-state index is 0.128. The van der Waals surface area contributed by atoms with Crippen LogP contribution >= 0.6 is 11.6 Å². The molecule has 0 saturated heterocycles. The number of nitrogens with two attached hydrogens (primary N) is 1. The van der Waals surface area contributed by atoms with Crippen LogP contribution in [-0.2, 0) is 4.79 Å². The zero-order chi connectivity index (χ0) is 22.1. The zero-order valence-corrected chi connectivity index (χ0v) is 17.2. The summed E-state index contributed by atoms with van der Waals surface area (Å²) in [6.07, 6.45) is 0.943. The Balaban J connectivity index is 1.72. The number of nitrogens with one attached hydrogen (secondary N) is 1. The average Bonchev–Trinajstić information content (AvgIpc) is 3.07. The SMILES string of the molecule is COc1nnc(Cl)cc1C(C)n1cc(NC(=O)[C@@H](N)C2CCC(F)(F)CC2)c(F)n1. The fraction of sp³-hybridized carbons (Fsp3) is 0.556. The van der Waals surface area contributed by atoms with Crippen molar-refractivity contribution in [1.82, 2.24) is 20.0 Å². The van der Waals surface area contributed by atoms with E-state index < -0.39 is 35.8 Å². The number of aromatic nitrogens is 4. The van der Waals surface area contributed by atoms with Gasteiger partial charge in [0.1, 0.15) is 5.69 Å². The number of carbonyl (C=O) groups excluding carboxylic acids is 1. The van der Waals surface area contributed by atoms with Gasteiger partial charge >= 0.3 is 0 Å². The number of nitrogens with zero attached hydrogens (tertiary/aromatic N) is 4. The molecule has 1 fully saturated rings. The summed E-state index contributed by atoms with van der Waals surface area (Å²) in [7, 11) is 1.41. The van der Waals surface area contributed by atoms with Crippen LogP contribution < -0.4 is 15.8 Å². The van der Waals surface area contributed by atoms with E-state index in [1.807, 2.05) is 0 Å². The van der Waals surface area contributed by atoms with E-state index in [1.54, 1.807) is 6.92 Å². The Bertz CT molecular complexity index is 915. The number of hydrogen-bond donors (Lipinski definition) is 2. The monoisotopic (exact) mass is 446 g/mol. The van der Waals surface area contributed by atoms with Crippen molar-refractivity contribution in [2.24, 2.45) is 11.7 Å². The summed E-state index contributed by atoms with van der Waals surface area (Å²) in [6.45, 7) is 1.71. The highest BCUT2D eigenvalue weighted by atomic mass is 35.5. The van der Waals surface area contributed by atoms with Crippen LogP contribution in [0, 0.1) is 11.9 Å². The van der Waals surface area contributed by atoms with Gasteiger partial charge in [-0.25, -0.2) is 8.78 Å². The van der Waals surface area contributed by atoms with Gasteiger partial charge in [-0.15, -0.1) is 15.3 Å². The molecular weight excluding hydrogens is 425 g/mol. The standard InChI is InChI=1S/C18H22ClF3N6O2/c1-9(11-7-13(19)25-26-17(11)30-2)28-8-12(15(20)27-28)24-16(29)14(23)10-3-5-18(21,22)6-4-10/h7-10,14H,3-6,23H2,1-2H3,(H,24,29)/t9?,14-/m0/s1. The van der Waals surface area contributed by atoms with Gasteiger partial charge in [-0.1, -0.05) is 11.6 Å². The summed E-state index contributed by atoms with van der Waals surface area (Å²) >= 11 is 5.89. The molecule has 12 heteroatoms. The highest BCUT2D eigenvalue weighted by molar-refractivity contribution is 6.29. The lowest BCUT2D eigenvalue weighted by Gasteiger charge is -2.31. The van der Waals surface area contributed by atoms with Gasteiger partial charge in [-0.3, -0.25) is 9.48 Å². The molecule has 8 nitrogen and oxygen atoms in total. The Morgan fingerprint density at radius 1 is 1.40 bits per heavy atom. The van der Waals surface area contributed by atoms with Crippen molar-refractivity contribution < 1.29 is 22.7 Å². The van der Waals surface area contributed by atoms with Crippen molar-refractivity contribution in [2.75, 3.05) is 12.4 Å². The van der Waals surface area contributed by atoms with Crippen molar-refractivity contribution in [1.29, 1.82) is 0 Å². The largest absolute Gasteiger partial charge is 0.480 e. The first-order valence-electron chi connectivity index (χ1n) is 9.37. The third kappa shape index (κ3) is 4.84. The van der Waals surface area contributed by atoms with Crippen molar-refractivity contribution >= 4 is 23.2 Å². The number of hydrogen-bond acceptors (Lipinski definition) is 6. The highest BCUT2D eigenvalue weighted by Gasteiger charge is 2.38. The number of rotatable bonds is 6. The quantitative estimate of drug-likeness (QED) is 0.705. The Morgan fingerprint density at radius 3 is 2.70 bits per heavy atom. The van der Waals surface area contributed by atoms with E-state index in [-0.39, 0.29) is 42.4 Å². The van der Waals surface area contributed by atoms with Crippen LogP contribution in [0.25, 0.3) is 0 Å². The van der Waals surface area contributed by atoms with Crippen LogP contribution in [0.5, 0.6) is 5.88 Å². The summed E-state index contributed by atoms with van der Waals surface area (Å²) in [4.78, 5) is 12.4. The lowest BCUT2D eigenvalue weighted by Crippen LogP contribution is -2.44. The van der Waals surface area contributed by atoms with Crippen LogP contribution in [0.3, 0.4) is 0 Å². The molecule has 2 aromatic rings. The molecule has 0 radical (unpaired) electrons. The summed E-state index contributed by atoms with van der Waals surface area (Å²) < 4.78 is 47.4. The van der Waals surface area contributed by atoms with Gasteiger partial charge in [0.2, 0.25) is 17.7 Å². The maximum absolute atomic E-state index is 14.3. The normalized spacial score (nSPS) is 18.6. The van der Waals surface area contributed by atoms with E-state index >= 15 is 0 Å². The molecule has 164 valence electrons. The lowest BCUT2D eigenvalue weighted by atomic mass is 9.82. The molecule has 1 amide bonds. The molecule has 2 aromatic heterocycles. The van der Waals surface area contributed by atoms with Gasteiger partial charge in [0, 0.05) is 18.4 Å². The lowest BCUT2D eigenvalue weighted by molar-refractivity contribution is -0.120. The zero-order valence-electron chi connectivity index (χ0n) is 16.4. The Kier molecular flexibility index (Phi) is 6.51. The Labute approximate surface area is 175 Å². The molecule has 3 rings (SSSR count). The van der Waals surface area contributed by atoms with E-state index in [9.17, 15) is 18.0 Å². The van der Waals surface area contributed by atoms with Crippen LogP contribution in [-0.4, -0.2) is 45.0 Å². The average molecular weight is 447 g/mol. The molecule has 0 bridgehead atoms. The van der Waals surface area contributed by atoms with E-state index in [4.69, 9.17) is 22.1 Å². The molecule has 0 spiro atoms. The second-order valence-corrected chi connectivity index (χ2v) is 7.72. The third-order valence-electron chi connectivity index (χ3n) is 5.32. The van der Waals surface area contributed by atoms with Gasteiger partial charge in [0.25, 0.3) is 5.95 Å². The van der Waals surface area contributed by atoms with Crippen LogP contribution in [0.2, 0.25) is 5.15 Å². The Hall–Kier alpha value is -2.40. The number of halogens is 4. The first kappa shape index (κ1) is 22.3. The topological polar surface area (TPSA) is 108 Å². The maximum Gasteiger partial charge on any atom is 0.256 e. The van der Waals surface area contributed by atoms with Crippen LogP contribution in [0.15, 0.2) is 12.3 Å². The Morgan fingerprint density at radius 2 is 2.07 bits per heavy atom. The minimum atomic E-state index is -2.72. The first-order chi connectivity index (χ1) is 14.1. The fourth-order valence-corrected chi connectivity index (χ4v) is 3.63. The minimum Gasteiger partial charge on any atom is -0.480 e. The van der Waals surface area contributed by atoms with E-state index in [1.165, 1.54) is 24.1 Å². The molecule has 1 unspecified atom stereocenters. The number of anilines is 1. The van der Waals surface area contributed by atoms with Gasteiger partial charge < -0.3 is 15.8 Å². The molecule has 1 saturated carbocycles. The van der Waals surface area contributed by atoms with Gasteiger partial charge in [-0.05, 0) is 31.7 Å². The van der Waals surface area contributed by atoms with E-state index in [2.05, 4.69) is 20.6 Å². The number of carbonyl (C=O) groups is 1. The van der Waals surface area contributed by atoms with E-state index in [0.717, 1.165) is 0 Å². The van der Waals surface area contributed by atoms with Crippen molar-refractivity contribution in [2.45, 2.75) is 50.6 Å². The predicted molar refractivity (Wildman–Crippen MR) is 103 cm³/mol. The van der Waals surface area contributed by atoms with Crippen molar-refractivity contribution in [3.05, 3.63) is 28.9 Å². The molecule has 1 aliphatic rings. The molecular formula is C18H22ClF3N6O2. The predicted octanol–water partition coefficient (Wildman–Crippen LogP) is 3.17. The summed E-state index contributed by atoms with van der Waals surface area (Å²) in [5, 5.41) is 13.8. The molecule has 2 heterocycles. The highest BCUT2D eigenvalue weighted by Crippen LogP contribution is 2.37. The molecule has 3 N–H and O–H groups in total. The van der Waals surface area contributed by atoms with Crippen molar-refractivity contribution in [3.63, 3.8) is 0 Å². The number of ether oxygens (including phenoxy) is 1. The second kappa shape index (κ2) is 8.76. The third-order valence-corrected chi connectivity index (χ3v) is 5.50. The number of amides is 1. The summed E-state index contributed by atoms with van der Waals surface area (Å²) in [5.41, 5.74) is 6.28.